The fraction of sp³-hybridized carbons (Fsp3) is 0.167. The number of alkyl halides is 3. The number of aromatic nitrogens is 1. The first kappa shape index (κ1) is 12.5. The molecule has 0 saturated heterocycles. The van der Waals surface area contributed by atoms with Crippen molar-refractivity contribution in [1.29, 1.82) is 0 Å². The minimum atomic E-state index is -4.72. The molecule has 2 nitrogen and oxygen atoms in total. The Bertz CT molecular complexity index is 358. The van der Waals surface area contributed by atoms with Crippen molar-refractivity contribution in [3.63, 3.8) is 0 Å². The summed E-state index contributed by atoms with van der Waals surface area (Å²) in [5.74, 6) is -0.465. The lowest BCUT2D eigenvalue weighted by Crippen LogP contribution is -2.18. The van der Waals surface area contributed by atoms with E-state index in [1.54, 1.807) is 22.6 Å². The van der Waals surface area contributed by atoms with Gasteiger partial charge in [0.25, 0.3) is 0 Å². The van der Waals surface area contributed by atoms with Gasteiger partial charge in [-0.2, -0.15) is 0 Å². The predicted octanol–water partition coefficient (Wildman–Crippen LogP) is 4.11. The first-order valence-electron chi connectivity index (χ1n) is 3.06. The summed E-state index contributed by atoms with van der Waals surface area (Å²) in [4.78, 5) is 3.50. The molecule has 0 atom stereocenters. The van der Waals surface area contributed by atoms with Crippen LogP contribution in [0.4, 0.5) is 13.2 Å². The second kappa shape index (κ2) is 4.52. The van der Waals surface area contributed by atoms with Crippen molar-refractivity contribution >= 4 is 54.5 Å². The van der Waals surface area contributed by atoms with Crippen LogP contribution in [0.1, 0.15) is 0 Å². The number of ether oxygens (including phenoxy) is 1. The van der Waals surface area contributed by atoms with E-state index in [9.17, 15) is 13.2 Å². The number of pyridine rings is 1. The molecule has 0 fully saturated rings. The second-order valence-corrected chi connectivity index (χ2v) is 4.81. The summed E-state index contributed by atoms with van der Waals surface area (Å²) in [5.41, 5.74) is 0. The first-order chi connectivity index (χ1) is 6.31. The van der Waals surface area contributed by atoms with Crippen LogP contribution in [0.15, 0.2) is 15.1 Å². The van der Waals surface area contributed by atoms with Crippen LogP contribution in [0.2, 0.25) is 0 Å². The minimum Gasteiger partial charge on any atom is -0.387 e. The van der Waals surface area contributed by atoms with E-state index in [0.717, 1.165) is 0 Å². The Kier molecular flexibility index (Phi) is 4.03. The summed E-state index contributed by atoms with van der Waals surface area (Å²) in [5, 5.41) is 0. The molecule has 0 spiro atoms. The third-order valence-electron chi connectivity index (χ3n) is 1.10. The van der Waals surface area contributed by atoms with Crippen LogP contribution in [0.25, 0.3) is 0 Å². The largest absolute Gasteiger partial charge is 0.574 e. The molecule has 1 rings (SSSR count). The molecule has 1 aromatic rings. The van der Waals surface area contributed by atoms with Crippen LogP contribution in [0.3, 0.4) is 0 Å². The van der Waals surface area contributed by atoms with Gasteiger partial charge in [0.05, 0.1) is 12.5 Å². The molecule has 0 saturated carbocycles. The van der Waals surface area contributed by atoms with Crippen molar-refractivity contribution < 1.29 is 17.9 Å². The zero-order valence-corrected chi connectivity index (χ0v) is 11.5. The highest BCUT2D eigenvalue weighted by molar-refractivity contribution is 14.1. The molecule has 1 aromatic heterocycles. The maximum absolute atomic E-state index is 11.9. The molecule has 0 amide bonds. The molecule has 0 aliphatic carbocycles. The first-order valence-corrected chi connectivity index (χ1v) is 5.73. The van der Waals surface area contributed by atoms with Crippen molar-refractivity contribution in [3.05, 3.63) is 18.7 Å². The van der Waals surface area contributed by atoms with E-state index in [2.05, 4.69) is 41.6 Å². The average Bonchev–Trinajstić information content (AvgIpc) is 2.04. The van der Waals surface area contributed by atoms with E-state index in [0.29, 0.717) is 8.95 Å². The third kappa shape index (κ3) is 3.23. The van der Waals surface area contributed by atoms with E-state index >= 15 is 0 Å². The molecule has 0 aliphatic rings. The molecule has 14 heavy (non-hydrogen) atoms. The maximum atomic E-state index is 11.9. The van der Waals surface area contributed by atoms with Gasteiger partial charge < -0.3 is 4.74 Å². The second-order valence-electron chi connectivity index (χ2n) is 2.09. The highest BCUT2D eigenvalue weighted by atomic mass is 127. The number of hydrogen-bond donors (Lipinski definition) is 0. The normalized spacial score (nSPS) is 11.6. The average molecular weight is 447 g/mol. The molecule has 1 heterocycles. The smallest absolute Gasteiger partial charge is 0.387 e. The molecular weight excluding hydrogens is 446 g/mol. The molecule has 78 valence electrons. The topological polar surface area (TPSA) is 22.1 Å². The van der Waals surface area contributed by atoms with Gasteiger partial charge in [-0.3, -0.25) is 0 Å². The van der Waals surface area contributed by atoms with Gasteiger partial charge in [-0.15, -0.1) is 13.2 Å². The van der Waals surface area contributed by atoms with Crippen LogP contribution in [-0.4, -0.2) is 11.3 Å². The van der Waals surface area contributed by atoms with Gasteiger partial charge in [-0.25, -0.2) is 4.98 Å². The summed E-state index contributed by atoms with van der Waals surface area (Å²) in [7, 11) is 0. The Hall–Kier alpha value is 0.430. The molecule has 0 radical (unpaired) electrons. The highest BCUT2D eigenvalue weighted by Gasteiger charge is 2.33. The zero-order chi connectivity index (χ0) is 10.9. The van der Waals surface area contributed by atoms with Crippen LogP contribution in [-0.2, 0) is 0 Å². The van der Waals surface area contributed by atoms with Crippen molar-refractivity contribution in [1.82, 2.24) is 4.98 Å². The van der Waals surface area contributed by atoms with E-state index < -0.39 is 12.2 Å². The minimum absolute atomic E-state index is 0.259. The van der Waals surface area contributed by atoms with Crippen molar-refractivity contribution in [2.24, 2.45) is 0 Å². The Morgan fingerprint density at radius 3 is 2.43 bits per heavy atom. The molecular formula is C6HBr2F3INO. The van der Waals surface area contributed by atoms with E-state index in [1.165, 1.54) is 6.20 Å². The van der Waals surface area contributed by atoms with Gasteiger partial charge in [-0.05, 0) is 54.5 Å². The summed E-state index contributed by atoms with van der Waals surface area (Å²) < 4.78 is 40.6. The van der Waals surface area contributed by atoms with E-state index in [4.69, 9.17) is 0 Å². The van der Waals surface area contributed by atoms with E-state index in [-0.39, 0.29) is 3.57 Å². The summed E-state index contributed by atoms with van der Waals surface area (Å²) in [6, 6.07) is 0. The lowest BCUT2D eigenvalue weighted by Gasteiger charge is -2.10. The van der Waals surface area contributed by atoms with Gasteiger partial charge in [0, 0.05) is 6.20 Å². The van der Waals surface area contributed by atoms with Crippen LogP contribution in [0.5, 0.6) is 5.88 Å². The van der Waals surface area contributed by atoms with Crippen LogP contribution < -0.4 is 4.74 Å². The van der Waals surface area contributed by atoms with Crippen molar-refractivity contribution in [3.8, 4) is 5.88 Å². The van der Waals surface area contributed by atoms with Gasteiger partial charge >= 0.3 is 6.36 Å². The number of halogens is 6. The molecule has 0 N–H and O–H groups in total. The van der Waals surface area contributed by atoms with Gasteiger partial charge in [-0.1, -0.05) is 0 Å². The number of nitrogens with zero attached hydrogens (tertiary/aromatic N) is 1. The fourth-order valence-corrected chi connectivity index (χ4v) is 2.09. The van der Waals surface area contributed by atoms with Gasteiger partial charge in [0.1, 0.15) is 0 Å². The lowest BCUT2D eigenvalue weighted by atomic mass is 10.5. The Morgan fingerprint density at radius 1 is 1.36 bits per heavy atom. The summed E-state index contributed by atoms with van der Waals surface area (Å²) >= 11 is 7.91. The molecule has 0 aromatic carbocycles. The Morgan fingerprint density at radius 2 is 1.93 bits per heavy atom. The zero-order valence-electron chi connectivity index (χ0n) is 6.20. The van der Waals surface area contributed by atoms with Gasteiger partial charge in [0.2, 0.25) is 5.88 Å². The fourth-order valence-electron chi connectivity index (χ4n) is 0.608. The monoisotopic (exact) mass is 445 g/mol. The molecule has 8 heteroatoms. The van der Waals surface area contributed by atoms with Crippen molar-refractivity contribution in [2.75, 3.05) is 0 Å². The van der Waals surface area contributed by atoms with Gasteiger partial charge in [0.15, 0.2) is 0 Å². The number of rotatable bonds is 1. The Balaban J connectivity index is 3.06. The summed E-state index contributed by atoms with van der Waals surface area (Å²) in [6.45, 7) is 0. The number of hydrogen-bond acceptors (Lipinski definition) is 2. The highest BCUT2D eigenvalue weighted by Crippen LogP contribution is 2.34. The SMILES string of the molecule is FC(F)(F)Oc1ncc(Br)c(Br)c1I. The lowest BCUT2D eigenvalue weighted by molar-refractivity contribution is -0.276. The van der Waals surface area contributed by atoms with E-state index in [1.807, 2.05) is 0 Å². The molecule has 0 unspecified atom stereocenters. The standard InChI is InChI=1S/C6HBr2F3INO/c7-2-1-13-5(4(12)3(2)8)14-6(9,10)11/h1H. The summed E-state index contributed by atoms with van der Waals surface area (Å²) in [6.07, 6.45) is -3.49. The molecule has 0 bridgehead atoms. The van der Waals surface area contributed by atoms with Crippen LogP contribution in [0, 0.1) is 3.57 Å². The van der Waals surface area contributed by atoms with Crippen molar-refractivity contribution in [2.45, 2.75) is 6.36 Å². The predicted molar refractivity (Wildman–Crippen MR) is 59.0 cm³/mol. The third-order valence-corrected chi connectivity index (χ3v) is 4.80. The maximum Gasteiger partial charge on any atom is 0.574 e. The van der Waals surface area contributed by atoms with Crippen LogP contribution >= 0.6 is 54.5 Å². The molecule has 0 aliphatic heterocycles. The Labute approximate surface area is 108 Å². The quantitative estimate of drug-likeness (QED) is 0.606.